The van der Waals surface area contributed by atoms with Gasteiger partial charge in [0.25, 0.3) is 0 Å². The van der Waals surface area contributed by atoms with Crippen LogP contribution in [0, 0.1) is 18.8 Å². The van der Waals surface area contributed by atoms with Gasteiger partial charge >= 0.3 is 0 Å². The fraction of sp³-hybridized carbons (Fsp3) is 0.0204. The van der Waals surface area contributed by atoms with E-state index >= 15 is 0 Å². The van der Waals surface area contributed by atoms with Crippen molar-refractivity contribution >= 4 is 66.4 Å². The van der Waals surface area contributed by atoms with Gasteiger partial charge in [-0.3, -0.25) is 0 Å². The molecule has 0 amide bonds. The van der Waals surface area contributed by atoms with Crippen LogP contribution in [0.15, 0.2) is 170 Å². The summed E-state index contributed by atoms with van der Waals surface area (Å²) in [4.78, 5) is 9.42. The minimum absolute atomic E-state index is 0. The molecule has 4 heterocycles. The van der Waals surface area contributed by atoms with E-state index in [1.165, 1.54) is 16.5 Å². The molecule has 56 heavy (non-hydrogen) atoms. The fourth-order valence-electron chi connectivity index (χ4n) is 8.05. The molecule has 0 aliphatic carbocycles. The first-order valence-corrected chi connectivity index (χ1v) is 18.4. The monoisotopic (exact) mass is 901 g/mol. The van der Waals surface area contributed by atoms with Gasteiger partial charge in [-0.2, -0.15) is 12.1 Å². The second kappa shape index (κ2) is 13.6. The molecule has 0 saturated carbocycles. The van der Waals surface area contributed by atoms with Crippen molar-refractivity contribution in [3.8, 4) is 28.4 Å². The molecule has 11 rings (SSSR count). The second-order valence-electron chi connectivity index (χ2n) is 13.8. The smallest absolute Gasteiger partial charge is 0.137 e. The number of hydrogen-bond donors (Lipinski definition) is 0. The van der Waals surface area contributed by atoms with Gasteiger partial charge in [-0.15, -0.1) is 48.1 Å². The van der Waals surface area contributed by atoms with Gasteiger partial charge in [-0.05, 0) is 52.9 Å². The second-order valence-corrected chi connectivity index (χ2v) is 13.8. The van der Waals surface area contributed by atoms with Gasteiger partial charge in [0.15, 0.2) is 0 Å². The molecule has 0 N–H and O–H groups in total. The number of ether oxygens (including phenoxy) is 1. The molecule has 0 bridgehead atoms. The maximum Gasteiger partial charge on any atom is 0.137 e. The molecule has 0 saturated heterocycles. The van der Waals surface area contributed by atoms with Crippen molar-refractivity contribution < 1.29 is 25.8 Å². The summed E-state index contributed by atoms with van der Waals surface area (Å²) in [7, 11) is 2.11. The van der Waals surface area contributed by atoms with Gasteiger partial charge in [-0.1, -0.05) is 96.5 Å². The molecule has 272 valence electrons. The van der Waals surface area contributed by atoms with E-state index < -0.39 is 0 Å². The predicted octanol–water partition coefficient (Wildman–Crippen LogP) is 12.3. The summed E-state index contributed by atoms with van der Waals surface area (Å²) in [5, 5.41) is 4.54. The topological polar surface area (TPSA) is 38.5 Å². The molecule has 6 nitrogen and oxygen atoms in total. The van der Waals surface area contributed by atoms with Crippen LogP contribution in [0.5, 0.6) is 11.5 Å². The van der Waals surface area contributed by atoms with Crippen molar-refractivity contribution in [3.63, 3.8) is 0 Å². The maximum absolute atomic E-state index is 6.59. The van der Waals surface area contributed by atoms with E-state index in [0.29, 0.717) is 11.5 Å². The summed E-state index contributed by atoms with van der Waals surface area (Å²) >= 11 is 0. The van der Waals surface area contributed by atoms with E-state index in [0.717, 1.165) is 66.8 Å². The molecule has 7 aromatic carbocycles. The summed E-state index contributed by atoms with van der Waals surface area (Å²) in [6.07, 6.45) is 1.99. The largest absolute Gasteiger partial charge is 0.509 e. The standard InChI is InChI=1S/C49H32N5O.Pt/c1-51-43-21-10-8-20-40(43)42-31-50-49(30-46(42)51)54-44-22-11-9-19-39(44)41-25-24-38(29-47(41)54)55-37-18-12-17-36(28-37)53-32-52(35-15-6-3-7-16-35)45-26-23-34(27-48(45)53)33-13-4-2-5-14-33;/h2-27,30-32H,1H3;/q-3;. The van der Waals surface area contributed by atoms with E-state index in [4.69, 9.17) is 9.72 Å². The third kappa shape index (κ3) is 5.48. The maximum atomic E-state index is 6.59. The summed E-state index contributed by atoms with van der Waals surface area (Å²) in [5.41, 5.74) is 10.7. The zero-order valence-corrected chi connectivity index (χ0v) is 32.5. The Morgan fingerprint density at radius 3 is 2.07 bits per heavy atom. The Labute approximate surface area is 338 Å². The molecule has 0 fully saturated rings. The van der Waals surface area contributed by atoms with Crippen LogP contribution < -0.4 is 14.5 Å². The Kier molecular flexibility index (Phi) is 8.23. The van der Waals surface area contributed by atoms with Gasteiger partial charge in [-0.25, -0.2) is 4.98 Å². The molecule has 0 spiro atoms. The number of para-hydroxylation sites is 3. The number of fused-ring (bicyclic) bond motifs is 7. The first kappa shape index (κ1) is 33.9. The van der Waals surface area contributed by atoms with E-state index in [2.05, 4.69) is 178 Å². The van der Waals surface area contributed by atoms with Crippen LogP contribution in [0.4, 0.5) is 22.7 Å². The van der Waals surface area contributed by atoms with Gasteiger partial charge in [0, 0.05) is 90.7 Å². The molecular formula is C49H32N5OPt-3. The number of aryl methyl sites for hydroxylation is 1. The van der Waals surface area contributed by atoms with Crippen LogP contribution in [-0.4, -0.2) is 14.1 Å². The van der Waals surface area contributed by atoms with Crippen molar-refractivity contribution in [3.05, 3.63) is 189 Å². The Morgan fingerprint density at radius 2 is 1.25 bits per heavy atom. The summed E-state index contributed by atoms with van der Waals surface area (Å²) in [6, 6.07) is 63.9. The van der Waals surface area contributed by atoms with Crippen molar-refractivity contribution in [2.24, 2.45) is 7.05 Å². The fourth-order valence-corrected chi connectivity index (χ4v) is 8.05. The molecule has 10 aromatic rings. The molecule has 0 unspecified atom stereocenters. The van der Waals surface area contributed by atoms with Gasteiger partial charge in [0.1, 0.15) is 5.82 Å². The molecule has 3 aromatic heterocycles. The predicted molar refractivity (Wildman–Crippen MR) is 224 cm³/mol. The number of aromatic nitrogens is 3. The Balaban J connectivity index is 0.00000384. The van der Waals surface area contributed by atoms with Crippen LogP contribution in [0.25, 0.3) is 60.6 Å². The minimum Gasteiger partial charge on any atom is -0.509 e. The zero-order chi connectivity index (χ0) is 36.5. The molecule has 1 aliphatic rings. The SMILES string of the molecule is Cn1c2ccccc2c2cnc(-n3c4[c-]c(Oc5[c-]c(N6[CH-]N(c7ccccc7)c7ccc(-c8ccccc8)cc76)ccc5)ccc4c4ccccc43)cc21.[Pt]. The quantitative estimate of drug-likeness (QED) is 0.156. The average molecular weight is 902 g/mol. The molecular weight excluding hydrogens is 870 g/mol. The van der Waals surface area contributed by atoms with Crippen molar-refractivity contribution in [1.29, 1.82) is 0 Å². The van der Waals surface area contributed by atoms with Crippen molar-refractivity contribution in [1.82, 2.24) is 14.1 Å². The third-order valence-corrected chi connectivity index (χ3v) is 10.7. The van der Waals surface area contributed by atoms with E-state index in [-0.39, 0.29) is 21.1 Å². The van der Waals surface area contributed by atoms with Crippen molar-refractivity contribution in [2.45, 2.75) is 0 Å². The van der Waals surface area contributed by atoms with Crippen LogP contribution >= 0.6 is 0 Å². The summed E-state index contributed by atoms with van der Waals surface area (Å²) in [5.74, 6) is 2.02. The average Bonchev–Trinajstić information content (AvgIpc) is 3.89. The molecule has 0 radical (unpaired) electrons. The zero-order valence-electron chi connectivity index (χ0n) is 30.2. The number of pyridine rings is 1. The molecule has 7 heteroatoms. The number of rotatable bonds is 6. The third-order valence-electron chi connectivity index (χ3n) is 10.7. The van der Waals surface area contributed by atoms with Gasteiger partial charge in [0.05, 0.1) is 5.52 Å². The van der Waals surface area contributed by atoms with Crippen LogP contribution in [0.2, 0.25) is 0 Å². The Bertz CT molecular complexity index is 3080. The molecule has 1 aliphatic heterocycles. The van der Waals surface area contributed by atoms with Crippen LogP contribution in [0.3, 0.4) is 0 Å². The first-order chi connectivity index (χ1) is 27.2. The van der Waals surface area contributed by atoms with E-state index in [1.807, 2.05) is 36.5 Å². The normalized spacial score (nSPS) is 12.4. The van der Waals surface area contributed by atoms with E-state index in [1.54, 1.807) is 0 Å². The first-order valence-electron chi connectivity index (χ1n) is 18.4. The number of benzene rings is 7. The summed E-state index contributed by atoms with van der Waals surface area (Å²) < 4.78 is 11.0. The van der Waals surface area contributed by atoms with Crippen molar-refractivity contribution in [2.75, 3.05) is 9.80 Å². The Morgan fingerprint density at radius 1 is 0.536 bits per heavy atom. The minimum atomic E-state index is 0. The van der Waals surface area contributed by atoms with Gasteiger partial charge in [0.2, 0.25) is 0 Å². The van der Waals surface area contributed by atoms with E-state index in [9.17, 15) is 0 Å². The number of hydrogen-bond acceptors (Lipinski definition) is 4. The molecule has 0 atom stereocenters. The summed E-state index contributed by atoms with van der Waals surface area (Å²) in [6.45, 7) is 2.13. The Hall–Kier alpha value is -6.62. The van der Waals surface area contributed by atoms with Crippen LogP contribution in [-0.2, 0) is 28.1 Å². The number of nitrogens with zero attached hydrogens (tertiary/aromatic N) is 5. The van der Waals surface area contributed by atoms with Gasteiger partial charge < -0.3 is 23.7 Å². The number of anilines is 4. The van der Waals surface area contributed by atoms with Crippen LogP contribution in [0.1, 0.15) is 0 Å².